The quantitative estimate of drug-likeness (QED) is 0.806. The Morgan fingerprint density at radius 2 is 1.62 bits per heavy atom. The van der Waals surface area contributed by atoms with Gasteiger partial charge in [-0.1, -0.05) is 54.9 Å². The Balaban J connectivity index is 1.77. The van der Waals surface area contributed by atoms with E-state index in [0.717, 1.165) is 23.2 Å². The van der Waals surface area contributed by atoms with Crippen molar-refractivity contribution in [3.8, 4) is 0 Å². The number of amides is 2. The van der Waals surface area contributed by atoms with Gasteiger partial charge in [-0.15, -0.1) is 0 Å². The highest BCUT2D eigenvalue weighted by Gasteiger charge is 2.09. The first-order valence-electron chi connectivity index (χ1n) is 7.98. The van der Waals surface area contributed by atoms with E-state index in [1.54, 1.807) is 6.07 Å². The molecule has 0 unspecified atom stereocenters. The molecule has 5 heteroatoms. The number of halogens is 1. The Bertz CT molecular complexity index is 716. The maximum absolute atomic E-state index is 12.0. The molecule has 0 aliphatic rings. The molecule has 4 nitrogen and oxygen atoms in total. The van der Waals surface area contributed by atoms with Crippen molar-refractivity contribution < 1.29 is 9.59 Å². The molecule has 0 spiro atoms. The number of rotatable bonds is 7. The summed E-state index contributed by atoms with van der Waals surface area (Å²) in [5, 5.41) is 6.11. The van der Waals surface area contributed by atoms with Gasteiger partial charge >= 0.3 is 0 Å². The second-order valence-corrected chi connectivity index (χ2v) is 5.83. The zero-order valence-corrected chi connectivity index (χ0v) is 14.4. The van der Waals surface area contributed by atoms with Crippen LogP contribution in [-0.4, -0.2) is 18.4 Å². The third-order valence-electron chi connectivity index (χ3n) is 3.70. The molecule has 0 aromatic heterocycles. The third-order valence-corrected chi connectivity index (χ3v) is 4.07. The van der Waals surface area contributed by atoms with Gasteiger partial charge in [-0.2, -0.15) is 0 Å². The smallest absolute Gasteiger partial charge is 0.243 e. The summed E-state index contributed by atoms with van der Waals surface area (Å²) >= 11 is 6.06. The number of para-hydroxylation sites is 1. The minimum atomic E-state index is -0.234. The number of nitrogens with one attached hydrogen (secondary N) is 2. The summed E-state index contributed by atoms with van der Waals surface area (Å²) in [5.41, 5.74) is 2.78. The van der Waals surface area contributed by atoms with Crippen LogP contribution in [0.5, 0.6) is 0 Å². The van der Waals surface area contributed by atoms with Crippen LogP contribution in [0.15, 0.2) is 48.5 Å². The zero-order chi connectivity index (χ0) is 17.4. The number of carbonyl (C=O) groups is 2. The highest BCUT2D eigenvalue weighted by Crippen LogP contribution is 2.16. The summed E-state index contributed by atoms with van der Waals surface area (Å²) in [4.78, 5) is 23.8. The lowest BCUT2D eigenvalue weighted by Crippen LogP contribution is -2.33. The molecule has 0 saturated heterocycles. The highest BCUT2D eigenvalue weighted by atomic mass is 35.5. The van der Waals surface area contributed by atoms with E-state index < -0.39 is 0 Å². The Hall–Kier alpha value is -2.33. The van der Waals surface area contributed by atoms with Gasteiger partial charge in [-0.3, -0.25) is 9.59 Å². The average molecular weight is 345 g/mol. The van der Waals surface area contributed by atoms with Gasteiger partial charge in [0.2, 0.25) is 11.8 Å². The number of aryl methyl sites for hydroxylation is 2. The van der Waals surface area contributed by atoms with E-state index in [1.807, 2.05) is 49.4 Å². The number of hydrogen-bond donors (Lipinski definition) is 2. The van der Waals surface area contributed by atoms with E-state index in [9.17, 15) is 9.59 Å². The Morgan fingerprint density at radius 3 is 2.33 bits per heavy atom. The first-order chi connectivity index (χ1) is 11.6. The van der Waals surface area contributed by atoms with Gasteiger partial charge in [0.05, 0.1) is 6.54 Å². The minimum Gasteiger partial charge on any atom is -0.347 e. The molecule has 0 aliphatic carbocycles. The van der Waals surface area contributed by atoms with Crippen molar-refractivity contribution in [2.45, 2.75) is 26.2 Å². The predicted molar refractivity (Wildman–Crippen MR) is 97.2 cm³/mol. The van der Waals surface area contributed by atoms with Crippen LogP contribution in [0.1, 0.15) is 24.5 Å². The summed E-state index contributed by atoms with van der Waals surface area (Å²) in [6, 6.07) is 15.1. The molecule has 126 valence electrons. The first kappa shape index (κ1) is 18.0. The van der Waals surface area contributed by atoms with Gasteiger partial charge in [0.1, 0.15) is 0 Å². The number of anilines is 1. The minimum absolute atomic E-state index is 0.0423. The second-order valence-electron chi connectivity index (χ2n) is 5.43. The Morgan fingerprint density at radius 1 is 0.958 bits per heavy atom. The van der Waals surface area contributed by atoms with E-state index in [2.05, 4.69) is 10.6 Å². The fraction of sp³-hybridized carbons (Fsp3) is 0.263. The van der Waals surface area contributed by atoms with Crippen molar-refractivity contribution in [2.75, 3.05) is 11.9 Å². The molecule has 2 rings (SSSR count). The van der Waals surface area contributed by atoms with Crippen molar-refractivity contribution in [2.24, 2.45) is 0 Å². The van der Waals surface area contributed by atoms with E-state index >= 15 is 0 Å². The van der Waals surface area contributed by atoms with Gasteiger partial charge in [0.15, 0.2) is 0 Å². The summed E-state index contributed by atoms with van der Waals surface area (Å²) in [6.45, 7) is 1.99. The normalized spacial score (nSPS) is 10.2. The van der Waals surface area contributed by atoms with Gasteiger partial charge in [-0.25, -0.2) is 0 Å². The van der Waals surface area contributed by atoms with Crippen molar-refractivity contribution in [1.29, 1.82) is 0 Å². The molecule has 2 aromatic rings. The lowest BCUT2D eigenvalue weighted by Gasteiger charge is -2.10. The maximum Gasteiger partial charge on any atom is 0.243 e. The van der Waals surface area contributed by atoms with Crippen molar-refractivity contribution in [3.05, 3.63) is 64.7 Å². The summed E-state index contributed by atoms with van der Waals surface area (Å²) in [5.74, 6) is -0.407. The molecule has 0 bridgehead atoms. The molecular formula is C19H21ClN2O2. The predicted octanol–water partition coefficient (Wildman–Crippen LogP) is 3.59. The van der Waals surface area contributed by atoms with E-state index in [4.69, 9.17) is 11.6 Å². The molecule has 2 amide bonds. The van der Waals surface area contributed by atoms with Gasteiger partial charge in [0.25, 0.3) is 0 Å². The molecule has 2 N–H and O–H groups in total. The standard InChI is InChI=1S/C19H21ClN2O2/c1-2-14-7-4-6-10-17(14)22-19(24)13-21-18(23)12-11-15-8-3-5-9-16(15)20/h3-10H,2,11-13H2,1H3,(H,21,23)(H,22,24). The van der Waals surface area contributed by atoms with E-state index in [-0.39, 0.29) is 18.4 Å². The fourth-order valence-electron chi connectivity index (χ4n) is 2.36. The summed E-state index contributed by atoms with van der Waals surface area (Å²) in [6.07, 6.45) is 1.68. The van der Waals surface area contributed by atoms with Crippen LogP contribution in [0.4, 0.5) is 5.69 Å². The number of carbonyl (C=O) groups excluding carboxylic acids is 2. The SMILES string of the molecule is CCc1ccccc1NC(=O)CNC(=O)CCc1ccccc1Cl. The van der Waals surface area contributed by atoms with Gasteiger partial charge in [0, 0.05) is 17.1 Å². The monoisotopic (exact) mass is 344 g/mol. The molecule has 0 fully saturated rings. The average Bonchev–Trinajstić information content (AvgIpc) is 2.59. The highest BCUT2D eigenvalue weighted by molar-refractivity contribution is 6.31. The molecule has 0 atom stereocenters. The van der Waals surface area contributed by atoms with Gasteiger partial charge in [-0.05, 0) is 36.1 Å². The lowest BCUT2D eigenvalue weighted by molar-refractivity contribution is -0.124. The molecule has 0 saturated carbocycles. The van der Waals surface area contributed by atoms with E-state index in [0.29, 0.717) is 17.9 Å². The molecule has 0 heterocycles. The molecule has 0 radical (unpaired) electrons. The first-order valence-corrected chi connectivity index (χ1v) is 8.35. The Kier molecular flexibility index (Phi) is 6.82. The van der Waals surface area contributed by atoms with Crippen LogP contribution in [-0.2, 0) is 22.4 Å². The van der Waals surface area contributed by atoms with Crippen molar-refractivity contribution >= 4 is 29.1 Å². The lowest BCUT2D eigenvalue weighted by atomic mass is 10.1. The number of hydrogen-bond acceptors (Lipinski definition) is 2. The van der Waals surface area contributed by atoms with Crippen LogP contribution in [0.3, 0.4) is 0 Å². The molecule has 2 aromatic carbocycles. The van der Waals surface area contributed by atoms with Crippen LogP contribution >= 0.6 is 11.6 Å². The third kappa shape index (κ3) is 5.39. The van der Waals surface area contributed by atoms with Crippen molar-refractivity contribution in [1.82, 2.24) is 5.32 Å². The molecule has 24 heavy (non-hydrogen) atoms. The number of benzene rings is 2. The zero-order valence-electron chi connectivity index (χ0n) is 13.6. The topological polar surface area (TPSA) is 58.2 Å². The van der Waals surface area contributed by atoms with Gasteiger partial charge < -0.3 is 10.6 Å². The maximum atomic E-state index is 12.0. The summed E-state index contributed by atoms with van der Waals surface area (Å²) < 4.78 is 0. The fourth-order valence-corrected chi connectivity index (χ4v) is 2.59. The van der Waals surface area contributed by atoms with Crippen LogP contribution in [0.25, 0.3) is 0 Å². The second kappa shape index (κ2) is 9.08. The Labute approximate surface area is 147 Å². The largest absolute Gasteiger partial charge is 0.347 e. The van der Waals surface area contributed by atoms with Crippen LogP contribution < -0.4 is 10.6 Å². The molecule has 0 aliphatic heterocycles. The van der Waals surface area contributed by atoms with Crippen LogP contribution in [0.2, 0.25) is 5.02 Å². The van der Waals surface area contributed by atoms with Crippen molar-refractivity contribution in [3.63, 3.8) is 0 Å². The van der Waals surface area contributed by atoms with E-state index in [1.165, 1.54) is 0 Å². The summed E-state index contributed by atoms with van der Waals surface area (Å²) in [7, 11) is 0. The molecular weight excluding hydrogens is 324 g/mol. The van der Waals surface area contributed by atoms with Crippen LogP contribution in [0, 0.1) is 0 Å².